The Balaban J connectivity index is 1.47. The molecule has 3 aromatic rings. The lowest BCUT2D eigenvalue weighted by atomic mass is 10.0. The number of hydrogen-bond acceptors (Lipinski definition) is 6. The number of anilines is 1. The number of halogens is 1. The number of sulfonamides is 1. The van der Waals surface area contributed by atoms with Gasteiger partial charge in [0.15, 0.2) is 0 Å². The summed E-state index contributed by atoms with van der Waals surface area (Å²) >= 11 is 7.55. The number of aromatic nitrogens is 1. The van der Waals surface area contributed by atoms with Crippen molar-refractivity contribution >= 4 is 54.8 Å². The molecule has 0 spiro atoms. The third-order valence-electron chi connectivity index (χ3n) is 5.76. The molecule has 1 N–H and O–H groups in total. The summed E-state index contributed by atoms with van der Waals surface area (Å²) in [6.45, 7) is 7.93. The van der Waals surface area contributed by atoms with E-state index in [2.05, 4.69) is 14.6 Å². The Hall–Kier alpha value is -2.20. The van der Waals surface area contributed by atoms with E-state index in [0.717, 1.165) is 20.9 Å². The summed E-state index contributed by atoms with van der Waals surface area (Å²) in [5.41, 5.74) is 1.79. The average molecular weight is 507 g/mol. The largest absolute Gasteiger partial charge is 0.368 e. The Morgan fingerprint density at radius 1 is 1.12 bits per heavy atom. The van der Waals surface area contributed by atoms with Gasteiger partial charge in [-0.05, 0) is 49.2 Å². The molecule has 1 fully saturated rings. The van der Waals surface area contributed by atoms with Crippen molar-refractivity contribution < 1.29 is 13.2 Å². The van der Waals surface area contributed by atoms with Crippen molar-refractivity contribution in [3.63, 3.8) is 0 Å². The Bertz CT molecular complexity index is 1270. The van der Waals surface area contributed by atoms with E-state index in [1.54, 1.807) is 17.0 Å². The molecule has 2 aromatic carbocycles. The van der Waals surface area contributed by atoms with E-state index >= 15 is 0 Å². The third kappa shape index (κ3) is 5.32. The van der Waals surface area contributed by atoms with Gasteiger partial charge in [-0.1, -0.05) is 31.5 Å². The summed E-state index contributed by atoms with van der Waals surface area (Å²) in [7, 11) is -3.87. The first-order valence-corrected chi connectivity index (χ1v) is 13.5. The van der Waals surface area contributed by atoms with Crippen molar-refractivity contribution in [1.29, 1.82) is 0 Å². The molecule has 7 nitrogen and oxygen atoms in total. The molecule has 0 aliphatic carbocycles. The maximum Gasteiger partial charge on any atom is 0.241 e. The number of thiazole rings is 1. The van der Waals surface area contributed by atoms with E-state index in [-0.39, 0.29) is 16.7 Å². The summed E-state index contributed by atoms with van der Waals surface area (Å²) in [6.07, 6.45) is 0. The molecular formula is C23H27ClN4O3S2. The first kappa shape index (κ1) is 23.9. The summed E-state index contributed by atoms with van der Waals surface area (Å²) in [5, 5.41) is 1.55. The number of nitrogens with zero attached hydrogens (tertiary/aromatic N) is 3. The zero-order chi connectivity index (χ0) is 23.8. The number of benzene rings is 2. The summed E-state index contributed by atoms with van der Waals surface area (Å²) < 4.78 is 29.7. The number of amides is 1. The van der Waals surface area contributed by atoms with E-state index in [1.807, 2.05) is 45.0 Å². The Labute approximate surface area is 203 Å². The van der Waals surface area contributed by atoms with Crippen LogP contribution in [0.1, 0.15) is 18.9 Å². The van der Waals surface area contributed by atoms with Gasteiger partial charge < -0.3 is 9.80 Å². The van der Waals surface area contributed by atoms with Gasteiger partial charge in [0.2, 0.25) is 15.9 Å². The molecule has 1 aliphatic heterocycles. The quantitative estimate of drug-likeness (QED) is 0.548. The smallest absolute Gasteiger partial charge is 0.241 e. The van der Waals surface area contributed by atoms with E-state index in [9.17, 15) is 13.2 Å². The van der Waals surface area contributed by atoms with Gasteiger partial charge in [-0.25, -0.2) is 13.4 Å². The fourth-order valence-corrected chi connectivity index (χ4v) is 6.44. The topological polar surface area (TPSA) is 82.6 Å². The Kier molecular flexibility index (Phi) is 6.95. The van der Waals surface area contributed by atoms with Gasteiger partial charge in [0.05, 0.1) is 20.1 Å². The Morgan fingerprint density at radius 2 is 1.85 bits per heavy atom. The molecule has 0 unspecified atom stereocenters. The maximum absolute atomic E-state index is 13.3. The lowest BCUT2D eigenvalue weighted by molar-refractivity contribution is -0.134. The van der Waals surface area contributed by atoms with Gasteiger partial charge in [0.25, 0.3) is 0 Å². The molecule has 2 heterocycles. The van der Waals surface area contributed by atoms with Crippen LogP contribution in [0.4, 0.5) is 5.69 Å². The van der Waals surface area contributed by atoms with Crippen LogP contribution in [0, 0.1) is 12.8 Å². The second-order valence-corrected chi connectivity index (χ2v) is 11.9. The molecule has 1 atom stereocenters. The SMILES string of the molecule is Cc1nc2ccc(S(=O)(=O)N[C@@H](C(=O)N3CCN(c4cccc(Cl)c4)CC3)C(C)C)cc2s1. The fraction of sp³-hybridized carbons (Fsp3) is 0.391. The van der Waals surface area contributed by atoms with E-state index in [0.29, 0.717) is 31.2 Å². The lowest BCUT2D eigenvalue weighted by Gasteiger charge is -2.38. The van der Waals surface area contributed by atoms with Crippen LogP contribution in [0.15, 0.2) is 47.4 Å². The number of piperazine rings is 1. The highest BCUT2D eigenvalue weighted by Gasteiger charge is 2.33. The number of carbonyl (C=O) groups excluding carboxylic acids is 1. The molecule has 0 bridgehead atoms. The van der Waals surface area contributed by atoms with Crippen LogP contribution in [-0.2, 0) is 14.8 Å². The minimum atomic E-state index is -3.87. The van der Waals surface area contributed by atoms with Crippen LogP contribution in [0.25, 0.3) is 10.2 Å². The molecule has 176 valence electrons. The molecule has 0 radical (unpaired) electrons. The molecule has 4 rings (SSSR count). The van der Waals surface area contributed by atoms with E-state index < -0.39 is 16.1 Å². The van der Waals surface area contributed by atoms with Gasteiger partial charge >= 0.3 is 0 Å². The first-order valence-electron chi connectivity index (χ1n) is 10.8. The first-order chi connectivity index (χ1) is 15.6. The number of aryl methyl sites for hydroxylation is 1. The van der Waals surface area contributed by atoms with Crippen LogP contribution >= 0.6 is 22.9 Å². The third-order valence-corrected chi connectivity index (χ3v) is 8.36. The number of nitrogens with one attached hydrogen (secondary N) is 1. The summed E-state index contributed by atoms with van der Waals surface area (Å²) in [6, 6.07) is 11.7. The van der Waals surface area contributed by atoms with E-state index in [1.165, 1.54) is 17.4 Å². The Morgan fingerprint density at radius 3 is 2.52 bits per heavy atom. The van der Waals surface area contributed by atoms with Crippen LogP contribution in [0.5, 0.6) is 0 Å². The predicted octanol–water partition coefficient (Wildman–Crippen LogP) is 3.91. The van der Waals surface area contributed by atoms with Gasteiger partial charge in [0, 0.05) is 36.9 Å². The van der Waals surface area contributed by atoms with Crippen LogP contribution < -0.4 is 9.62 Å². The van der Waals surface area contributed by atoms with Crippen LogP contribution in [0.2, 0.25) is 5.02 Å². The monoisotopic (exact) mass is 506 g/mol. The number of rotatable bonds is 6. The van der Waals surface area contributed by atoms with Gasteiger partial charge in [-0.3, -0.25) is 4.79 Å². The van der Waals surface area contributed by atoms with Crippen LogP contribution in [-0.4, -0.2) is 56.4 Å². The van der Waals surface area contributed by atoms with Crippen molar-refractivity contribution in [2.24, 2.45) is 5.92 Å². The molecule has 33 heavy (non-hydrogen) atoms. The number of fused-ring (bicyclic) bond motifs is 1. The number of carbonyl (C=O) groups is 1. The highest BCUT2D eigenvalue weighted by molar-refractivity contribution is 7.89. The second kappa shape index (κ2) is 9.58. The van der Waals surface area contributed by atoms with Crippen LogP contribution in [0.3, 0.4) is 0 Å². The van der Waals surface area contributed by atoms with Gasteiger partial charge in [-0.15, -0.1) is 11.3 Å². The lowest BCUT2D eigenvalue weighted by Crippen LogP contribution is -2.56. The maximum atomic E-state index is 13.3. The highest BCUT2D eigenvalue weighted by atomic mass is 35.5. The number of hydrogen-bond donors (Lipinski definition) is 1. The van der Waals surface area contributed by atoms with Crippen molar-refractivity contribution in [1.82, 2.24) is 14.6 Å². The minimum Gasteiger partial charge on any atom is -0.368 e. The van der Waals surface area contributed by atoms with Crippen molar-refractivity contribution in [2.45, 2.75) is 31.7 Å². The van der Waals surface area contributed by atoms with E-state index in [4.69, 9.17) is 11.6 Å². The zero-order valence-electron chi connectivity index (χ0n) is 18.8. The fourth-order valence-electron chi connectivity index (χ4n) is 3.95. The molecule has 0 saturated carbocycles. The summed E-state index contributed by atoms with van der Waals surface area (Å²) in [5.74, 6) is -0.401. The van der Waals surface area contributed by atoms with Crippen molar-refractivity contribution in [3.8, 4) is 0 Å². The highest BCUT2D eigenvalue weighted by Crippen LogP contribution is 2.25. The standard InChI is InChI=1S/C23H27ClN4O3S2/c1-15(2)22(26-33(30,31)19-7-8-20-21(14-19)32-16(3)25-20)23(29)28-11-9-27(10-12-28)18-6-4-5-17(24)13-18/h4-8,13-15,22,26H,9-12H2,1-3H3/t22-/m1/s1. The predicted molar refractivity (Wildman–Crippen MR) is 134 cm³/mol. The average Bonchev–Trinajstić information content (AvgIpc) is 3.16. The minimum absolute atomic E-state index is 0.142. The second-order valence-electron chi connectivity index (χ2n) is 8.50. The molecule has 1 aliphatic rings. The molecule has 1 saturated heterocycles. The van der Waals surface area contributed by atoms with Crippen molar-refractivity contribution in [2.75, 3.05) is 31.1 Å². The zero-order valence-corrected chi connectivity index (χ0v) is 21.2. The van der Waals surface area contributed by atoms with Gasteiger partial charge in [0.1, 0.15) is 6.04 Å². The molecule has 1 amide bonds. The molecular weight excluding hydrogens is 480 g/mol. The van der Waals surface area contributed by atoms with Crippen molar-refractivity contribution in [3.05, 3.63) is 52.5 Å². The van der Waals surface area contributed by atoms with Gasteiger partial charge in [-0.2, -0.15) is 4.72 Å². The molecule has 1 aromatic heterocycles. The normalized spacial score (nSPS) is 15.9. The summed E-state index contributed by atoms with van der Waals surface area (Å²) in [4.78, 5) is 21.8. The molecule has 10 heteroatoms.